The Kier molecular flexibility index (Phi) is 2.56. The highest BCUT2D eigenvalue weighted by atomic mass is 15.2. The van der Waals surface area contributed by atoms with Gasteiger partial charge < -0.3 is 4.90 Å². The molecule has 2 heteroatoms. The van der Waals surface area contributed by atoms with E-state index in [-0.39, 0.29) is 0 Å². The second-order valence-electron chi connectivity index (χ2n) is 4.55. The van der Waals surface area contributed by atoms with E-state index in [1.165, 1.54) is 32.4 Å². The molecule has 1 heterocycles. The zero-order chi connectivity index (χ0) is 9.26. The SMILES string of the molecule is CCCC(=N)N1CC2CCCC2C1. The van der Waals surface area contributed by atoms with E-state index >= 15 is 0 Å². The third-order valence-electron chi connectivity index (χ3n) is 3.59. The lowest BCUT2D eigenvalue weighted by atomic mass is 10.0. The first-order chi connectivity index (χ1) is 6.31. The van der Waals surface area contributed by atoms with E-state index < -0.39 is 0 Å². The summed E-state index contributed by atoms with van der Waals surface area (Å²) in [5.41, 5.74) is 0. The number of hydrogen-bond donors (Lipinski definition) is 1. The number of nitrogens with one attached hydrogen (secondary N) is 1. The molecule has 13 heavy (non-hydrogen) atoms. The van der Waals surface area contributed by atoms with Crippen LogP contribution in [-0.4, -0.2) is 23.8 Å². The molecule has 0 spiro atoms. The molecule has 1 N–H and O–H groups in total. The normalized spacial score (nSPS) is 32.2. The Morgan fingerprint density at radius 3 is 2.46 bits per heavy atom. The summed E-state index contributed by atoms with van der Waals surface area (Å²) < 4.78 is 0. The van der Waals surface area contributed by atoms with Crippen LogP contribution in [0.4, 0.5) is 0 Å². The van der Waals surface area contributed by atoms with Crippen molar-refractivity contribution >= 4 is 5.84 Å². The first-order valence-electron chi connectivity index (χ1n) is 5.63. The average Bonchev–Trinajstić information content (AvgIpc) is 2.61. The fraction of sp³-hybridized carbons (Fsp3) is 0.909. The molecular weight excluding hydrogens is 160 g/mol. The molecule has 2 fully saturated rings. The second-order valence-corrected chi connectivity index (χ2v) is 4.55. The lowest BCUT2D eigenvalue weighted by Gasteiger charge is -2.19. The maximum atomic E-state index is 7.89. The predicted molar refractivity (Wildman–Crippen MR) is 55.0 cm³/mol. The fourth-order valence-corrected chi connectivity index (χ4v) is 2.85. The molecule has 0 aromatic rings. The quantitative estimate of drug-likeness (QED) is 0.513. The Labute approximate surface area is 80.8 Å². The number of rotatable bonds is 2. The molecule has 74 valence electrons. The first kappa shape index (κ1) is 9.04. The first-order valence-corrected chi connectivity index (χ1v) is 5.63. The van der Waals surface area contributed by atoms with Crippen LogP contribution in [0, 0.1) is 17.2 Å². The van der Waals surface area contributed by atoms with Gasteiger partial charge in [0.15, 0.2) is 0 Å². The van der Waals surface area contributed by atoms with Gasteiger partial charge in [-0.3, -0.25) is 5.41 Å². The van der Waals surface area contributed by atoms with Crippen molar-refractivity contribution in [2.75, 3.05) is 13.1 Å². The molecule has 2 rings (SSSR count). The van der Waals surface area contributed by atoms with Crippen LogP contribution in [0.15, 0.2) is 0 Å². The van der Waals surface area contributed by atoms with Crippen molar-refractivity contribution in [1.29, 1.82) is 5.41 Å². The molecule has 0 amide bonds. The van der Waals surface area contributed by atoms with Crippen LogP contribution in [0.25, 0.3) is 0 Å². The van der Waals surface area contributed by atoms with Crippen molar-refractivity contribution in [3.05, 3.63) is 0 Å². The number of hydrogen-bond acceptors (Lipinski definition) is 1. The van der Waals surface area contributed by atoms with Gasteiger partial charge in [0.2, 0.25) is 0 Å². The molecule has 2 unspecified atom stereocenters. The molecular formula is C11H20N2. The second kappa shape index (κ2) is 3.69. The van der Waals surface area contributed by atoms with Crippen molar-refractivity contribution in [1.82, 2.24) is 4.90 Å². The third kappa shape index (κ3) is 1.72. The molecule has 0 bridgehead atoms. The zero-order valence-corrected chi connectivity index (χ0v) is 8.55. The third-order valence-corrected chi connectivity index (χ3v) is 3.59. The highest BCUT2D eigenvalue weighted by Gasteiger charge is 2.36. The topological polar surface area (TPSA) is 27.1 Å². The van der Waals surface area contributed by atoms with Gasteiger partial charge in [-0.05, 0) is 31.1 Å². The van der Waals surface area contributed by atoms with E-state index in [4.69, 9.17) is 5.41 Å². The van der Waals surface area contributed by atoms with Gasteiger partial charge in [-0.25, -0.2) is 0 Å². The number of nitrogens with zero attached hydrogens (tertiary/aromatic N) is 1. The highest BCUT2D eigenvalue weighted by Crippen LogP contribution is 2.37. The zero-order valence-electron chi connectivity index (χ0n) is 8.55. The molecule has 1 aliphatic heterocycles. The standard InChI is InChI=1S/C11H20N2/c1-2-4-11(12)13-7-9-5-3-6-10(9)8-13/h9-10,12H,2-8H2,1H3. The Morgan fingerprint density at radius 1 is 1.31 bits per heavy atom. The lowest BCUT2D eigenvalue weighted by Crippen LogP contribution is -2.28. The molecule has 0 aromatic heterocycles. The number of likely N-dealkylation sites (tertiary alicyclic amines) is 1. The summed E-state index contributed by atoms with van der Waals surface area (Å²) >= 11 is 0. The van der Waals surface area contributed by atoms with E-state index in [0.717, 1.165) is 30.5 Å². The summed E-state index contributed by atoms with van der Waals surface area (Å²) in [7, 11) is 0. The van der Waals surface area contributed by atoms with E-state index in [9.17, 15) is 0 Å². The summed E-state index contributed by atoms with van der Waals surface area (Å²) in [4.78, 5) is 2.32. The van der Waals surface area contributed by atoms with Crippen LogP contribution >= 0.6 is 0 Å². The Balaban J connectivity index is 1.87. The van der Waals surface area contributed by atoms with Gasteiger partial charge in [-0.1, -0.05) is 13.3 Å². The van der Waals surface area contributed by atoms with Crippen LogP contribution in [0.3, 0.4) is 0 Å². The van der Waals surface area contributed by atoms with Crippen molar-refractivity contribution in [3.63, 3.8) is 0 Å². The van der Waals surface area contributed by atoms with Crippen LogP contribution in [0.1, 0.15) is 39.0 Å². The van der Waals surface area contributed by atoms with Crippen LogP contribution in [0.2, 0.25) is 0 Å². The van der Waals surface area contributed by atoms with Gasteiger partial charge in [-0.2, -0.15) is 0 Å². The van der Waals surface area contributed by atoms with Gasteiger partial charge in [0.1, 0.15) is 0 Å². The minimum Gasteiger partial charge on any atom is -0.360 e. The van der Waals surface area contributed by atoms with Gasteiger partial charge in [0.05, 0.1) is 5.84 Å². The highest BCUT2D eigenvalue weighted by molar-refractivity contribution is 5.79. The monoisotopic (exact) mass is 180 g/mol. The maximum absolute atomic E-state index is 7.89. The molecule has 2 aliphatic rings. The van der Waals surface area contributed by atoms with Crippen LogP contribution < -0.4 is 0 Å². The van der Waals surface area contributed by atoms with Crippen molar-refractivity contribution < 1.29 is 0 Å². The molecule has 2 nitrogen and oxygen atoms in total. The van der Waals surface area contributed by atoms with E-state index in [1.807, 2.05) is 0 Å². The molecule has 1 saturated heterocycles. The summed E-state index contributed by atoms with van der Waals surface area (Å²) in [5.74, 6) is 2.74. The van der Waals surface area contributed by atoms with E-state index in [2.05, 4.69) is 11.8 Å². The van der Waals surface area contributed by atoms with E-state index in [1.54, 1.807) is 0 Å². The lowest BCUT2D eigenvalue weighted by molar-refractivity contribution is 0.451. The average molecular weight is 180 g/mol. The van der Waals surface area contributed by atoms with Crippen molar-refractivity contribution in [3.8, 4) is 0 Å². The van der Waals surface area contributed by atoms with Crippen LogP contribution in [-0.2, 0) is 0 Å². The smallest absolute Gasteiger partial charge is 0.0957 e. The molecule has 0 radical (unpaired) electrons. The Morgan fingerprint density at radius 2 is 1.92 bits per heavy atom. The van der Waals surface area contributed by atoms with Crippen molar-refractivity contribution in [2.24, 2.45) is 11.8 Å². The molecule has 0 aromatic carbocycles. The minimum absolute atomic E-state index is 0.886. The summed E-state index contributed by atoms with van der Waals surface area (Å²) in [5, 5.41) is 7.89. The molecule has 2 atom stereocenters. The Bertz CT molecular complexity index is 188. The molecule has 1 aliphatic carbocycles. The van der Waals surface area contributed by atoms with Crippen molar-refractivity contribution in [2.45, 2.75) is 39.0 Å². The molecule has 1 saturated carbocycles. The predicted octanol–water partition coefficient (Wildman–Crippen LogP) is 2.50. The fourth-order valence-electron chi connectivity index (χ4n) is 2.85. The van der Waals surface area contributed by atoms with E-state index in [0.29, 0.717) is 0 Å². The number of fused-ring (bicyclic) bond motifs is 1. The summed E-state index contributed by atoms with van der Waals surface area (Å²) in [6.45, 7) is 4.53. The van der Waals surface area contributed by atoms with Gasteiger partial charge in [0, 0.05) is 19.5 Å². The van der Waals surface area contributed by atoms with Crippen LogP contribution in [0.5, 0.6) is 0 Å². The van der Waals surface area contributed by atoms with Gasteiger partial charge >= 0.3 is 0 Å². The summed E-state index contributed by atoms with van der Waals surface area (Å²) in [6, 6.07) is 0. The Hall–Kier alpha value is -0.530. The maximum Gasteiger partial charge on any atom is 0.0957 e. The largest absolute Gasteiger partial charge is 0.360 e. The van der Waals surface area contributed by atoms with Gasteiger partial charge in [-0.15, -0.1) is 0 Å². The number of amidine groups is 1. The van der Waals surface area contributed by atoms with Gasteiger partial charge in [0.25, 0.3) is 0 Å². The summed E-state index contributed by atoms with van der Waals surface area (Å²) in [6.07, 6.45) is 6.36. The minimum atomic E-state index is 0.886.